The predicted molar refractivity (Wildman–Crippen MR) is 226 cm³/mol. The van der Waals surface area contributed by atoms with Gasteiger partial charge in [0.25, 0.3) is 0 Å². The first kappa shape index (κ1) is 52.8. The third-order valence-corrected chi connectivity index (χ3v) is 10.0. The molecule has 0 bridgehead atoms. The van der Waals surface area contributed by atoms with Crippen LogP contribution in [-0.4, -0.2) is 80.9 Å². The molecule has 0 aromatic rings. The zero-order valence-electron chi connectivity index (χ0n) is 37.3. The van der Waals surface area contributed by atoms with Gasteiger partial charge in [0.05, 0.1) is 19.8 Å². The van der Waals surface area contributed by atoms with Crippen molar-refractivity contribution in [2.45, 2.75) is 210 Å². The van der Waals surface area contributed by atoms with Crippen LogP contribution in [0.5, 0.6) is 0 Å². The quantitative estimate of drug-likeness (QED) is 0.0379. The molecule has 0 aliphatic carbocycles. The van der Waals surface area contributed by atoms with E-state index >= 15 is 0 Å². The number of ether oxygens (including phenoxy) is 4. The van der Waals surface area contributed by atoms with E-state index in [1.165, 1.54) is 44.9 Å². The van der Waals surface area contributed by atoms with E-state index in [1.54, 1.807) is 0 Å². The summed E-state index contributed by atoms with van der Waals surface area (Å²) >= 11 is 0. The molecule has 0 saturated carbocycles. The average molecular weight is 770 g/mol. The molecule has 0 heterocycles. The molecular formula is C46H91NO7. The highest BCUT2D eigenvalue weighted by Crippen LogP contribution is 2.27. The summed E-state index contributed by atoms with van der Waals surface area (Å²) < 4.78 is 23.4. The highest BCUT2D eigenvalue weighted by Gasteiger charge is 2.19. The number of hydrogen-bond donors (Lipinski definition) is 1. The van der Waals surface area contributed by atoms with Crippen LogP contribution >= 0.6 is 0 Å². The summed E-state index contributed by atoms with van der Waals surface area (Å²) in [6.07, 6.45) is 22.2. The third-order valence-electron chi connectivity index (χ3n) is 10.0. The van der Waals surface area contributed by atoms with Gasteiger partial charge in [-0.2, -0.15) is 0 Å². The van der Waals surface area contributed by atoms with E-state index in [0.717, 1.165) is 90.1 Å². The molecule has 0 aromatic heterocycles. The molecule has 0 radical (unpaired) electrons. The Morgan fingerprint density at radius 1 is 0.537 bits per heavy atom. The Bertz CT molecular complexity index is 840. The molecule has 0 aliphatic heterocycles. The number of nitrogens with zero attached hydrogens (tertiary/aromatic N) is 1. The molecule has 1 N–H and O–H groups in total. The van der Waals surface area contributed by atoms with Gasteiger partial charge in [-0.05, 0) is 93.5 Å². The first-order valence-electron chi connectivity index (χ1n) is 22.5. The van der Waals surface area contributed by atoms with E-state index in [0.29, 0.717) is 74.9 Å². The fraction of sp³-hybridized carbons (Fsp3) is 0.957. The van der Waals surface area contributed by atoms with Crippen LogP contribution < -0.4 is 0 Å². The number of hydrogen-bond acceptors (Lipinski definition) is 8. The summed E-state index contributed by atoms with van der Waals surface area (Å²) in [6.45, 7) is 25.2. The first-order chi connectivity index (χ1) is 25.6. The zero-order valence-corrected chi connectivity index (χ0v) is 37.3. The monoisotopic (exact) mass is 770 g/mol. The van der Waals surface area contributed by atoms with E-state index in [1.807, 2.05) is 0 Å². The lowest BCUT2D eigenvalue weighted by Gasteiger charge is -2.25. The van der Waals surface area contributed by atoms with Crippen LogP contribution in [0.2, 0.25) is 0 Å². The minimum Gasteiger partial charge on any atom is -0.466 e. The lowest BCUT2D eigenvalue weighted by atomic mass is 9.84. The Labute approximate surface area is 334 Å². The van der Waals surface area contributed by atoms with E-state index < -0.39 is 0 Å². The van der Waals surface area contributed by atoms with Crippen molar-refractivity contribution in [2.75, 3.05) is 52.7 Å². The minimum absolute atomic E-state index is 0.0738. The molecule has 0 spiro atoms. The molecule has 0 aliphatic rings. The van der Waals surface area contributed by atoms with Crippen molar-refractivity contribution in [3.63, 3.8) is 0 Å². The fourth-order valence-corrected chi connectivity index (χ4v) is 7.36. The van der Waals surface area contributed by atoms with Crippen LogP contribution in [0.3, 0.4) is 0 Å². The Morgan fingerprint density at radius 2 is 0.963 bits per heavy atom. The second-order valence-corrected chi connectivity index (χ2v) is 18.7. The van der Waals surface area contributed by atoms with Gasteiger partial charge >= 0.3 is 11.9 Å². The molecule has 2 unspecified atom stereocenters. The summed E-state index contributed by atoms with van der Waals surface area (Å²) in [7, 11) is 0. The number of unbranched alkanes of at least 4 members (excludes halogenated alkanes) is 12. The van der Waals surface area contributed by atoms with Gasteiger partial charge in [-0.1, -0.05) is 127 Å². The van der Waals surface area contributed by atoms with Gasteiger partial charge in [0.2, 0.25) is 0 Å². The van der Waals surface area contributed by atoms with Crippen LogP contribution in [-0.2, 0) is 28.5 Å². The molecule has 0 rings (SSSR count). The summed E-state index contributed by atoms with van der Waals surface area (Å²) in [5, 5.41) is 9.55. The number of carbonyl (C=O) groups is 2. The molecule has 0 saturated heterocycles. The number of rotatable bonds is 37. The lowest BCUT2D eigenvalue weighted by molar-refractivity contribution is -0.163. The minimum atomic E-state index is -0.359. The van der Waals surface area contributed by atoms with Crippen LogP contribution in [0.4, 0.5) is 0 Å². The van der Waals surface area contributed by atoms with Gasteiger partial charge < -0.3 is 29.0 Å². The van der Waals surface area contributed by atoms with Crippen molar-refractivity contribution in [3.05, 3.63) is 0 Å². The molecular weight excluding hydrogens is 679 g/mol. The third kappa shape index (κ3) is 37.7. The fourth-order valence-electron chi connectivity index (χ4n) is 7.36. The van der Waals surface area contributed by atoms with Gasteiger partial charge in [0.15, 0.2) is 6.29 Å². The van der Waals surface area contributed by atoms with Crippen LogP contribution in [0, 0.1) is 22.7 Å². The second kappa shape index (κ2) is 33.9. The standard InChI is InChI=1S/C46H91NO7/c1-10-11-12-13-14-15-16-17-24-34-51-42(49)25-20-18-22-30-47(32-33-48)31-23-19-21-26-43(50)52-37-29-44(53-35-27-40(2)38-45(4,5)6)54-36-28-41(3)39-46(7,8)9/h40-41,44,48H,10-39H2,1-9H3. The van der Waals surface area contributed by atoms with Crippen molar-refractivity contribution in [1.29, 1.82) is 0 Å². The lowest BCUT2D eigenvalue weighted by Crippen LogP contribution is -2.29. The predicted octanol–water partition coefficient (Wildman–Crippen LogP) is 11.7. The van der Waals surface area contributed by atoms with Crippen molar-refractivity contribution >= 4 is 11.9 Å². The van der Waals surface area contributed by atoms with Crippen molar-refractivity contribution in [2.24, 2.45) is 22.7 Å². The van der Waals surface area contributed by atoms with Crippen LogP contribution in [0.25, 0.3) is 0 Å². The topological polar surface area (TPSA) is 94.5 Å². The second-order valence-electron chi connectivity index (χ2n) is 18.7. The molecule has 0 aromatic carbocycles. The van der Waals surface area contributed by atoms with E-state index in [-0.39, 0.29) is 24.8 Å². The Morgan fingerprint density at radius 3 is 1.41 bits per heavy atom. The van der Waals surface area contributed by atoms with Gasteiger partial charge in [0, 0.05) is 39.0 Å². The molecule has 2 atom stereocenters. The number of carbonyl (C=O) groups excluding carboxylic acids is 2. The average Bonchev–Trinajstić information content (AvgIpc) is 3.07. The van der Waals surface area contributed by atoms with Crippen molar-refractivity contribution < 1.29 is 33.6 Å². The molecule has 8 heteroatoms. The molecule has 8 nitrogen and oxygen atoms in total. The van der Waals surface area contributed by atoms with Crippen LogP contribution in [0.1, 0.15) is 204 Å². The summed E-state index contributed by atoms with van der Waals surface area (Å²) in [4.78, 5) is 26.9. The van der Waals surface area contributed by atoms with Gasteiger partial charge in [-0.25, -0.2) is 0 Å². The maximum atomic E-state index is 12.5. The zero-order chi connectivity index (χ0) is 40.5. The molecule has 322 valence electrons. The number of aliphatic hydroxyl groups excluding tert-OH is 1. The summed E-state index contributed by atoms with van der Waals surface area (Å²) in [5.41, 5.74) is 0.605. The SMILES string of the molecule is CCCCCCCCCCCOC(=O)CCCCCN(CCO)CCCCCC(=O)OCCC(OCCC(C)CC(C)(C)C)OCCC(C)CC(C)(C)C. The maximum absolute atomic E-state index is 12.5. The van der Waals surface area contributed by atoms with Gasteiger partial charge in [-0.15, -0.1) is 0 Å². The first-order valence-corrected chi connectivity index (χ1v) is 22.5. The maximum Gasteiger partial charge on any atom is 0.305 e. The van der Waals surface area contributed by atoms with E-state index in [9.17, 15) is 14.7 Å². The van der Waals surface area contributed by atoms with Crippen LogP contribution in [0.15, 0.2) is 0 Å². The molecule has 0 fully saturated rings. The highest BCUT2D eigenvalue weighted by atomic mass is 16.7. The Balaban J connectivity index is 4.21. The van der Waals surface area contributed by atoms with Crippen molar-refractivity contribution in [1.82, 2.24) is 4.90 Å². The highest BCUT2D eigenvalue weighted by molar-refractivity contribution is 5.69. The molecule has 0 amide bonds. The smallest absolute Gasteiger partial charge is 0.305 e. The van der Waals surface area contributed by atoms with E-state index in [2.05, 4.69) is 67.2 Å². The van der Waals surface area contributed by atoms with E-state index in [4.69, 9.17) is 18.9 Å². The number of esters is 2. The summed E-state index contributed by atoms with van der Waals surface area (Å²) in [6, 6.07) is 0. The van der Waals surface area contributed by atoms with Crippen molar-refractivity contribution in [3.8, 4) is 0 Å². The van der Waals surface area contributed by atoms with Gasteiger partial charge in [0.1, 0.15) is 0 Å². The number of aliphatic hydroxyl groups is 1. The normalized spacial score (nSPS) is 14.0. The van der Waals surface area contributed by atoms with Gasteiger partial charge in [-0.3, -0.25) is 9.59 Å². The Kier molecular flexibility index (Phi) is 33.1. The Hall–Kier alpha value is -1.22. The molecule has 54 heavy (non-hydrogen) atoms. The largest absolute Gasteiger partial charge is 0.466 e. The summed E-state index contributed by atoms with van der Waals surface area (Å²) in [5.74, 6) is 0.917.